The predicted octanol–water partition coefficient (Wildman–Crippen LogP) is 2.80. The Labute approximate surface area is 150 Å². The molecule has 0 rings (SSSR count). The monoisotopic (exact) mass is 314 g/mol. The number of aliphatic hydroxyl groups is 1. The Morgan fingerprint density at radius 2 is 1.19 bits per heavy atom. The quantitative estimate of drug-likeness (QED) is 0.402. The van der Waals surface area contributed by atoms with E-state index in [1.807, 2.05) is 0 Å². The molecule has 0 aliphatic rings. The van der Waals surface area contributed by atoms with Crippen LogP contribution in [0.3, 0.4) is 0 Å². The normalized spacial score (nSPS) is 10.8. The number of aliphatic carboxylic acids is 2. The molecule has 0 spiro atoms. The molecule has 0 aromatic heterocycles. The summed E-state index contributed by atoms with van der Waals surface area (Å²) < 4.78 is 0. The fourth-order valence-electron chi connectivity index (χ4n) is 1.59. The van der Waals surface area contributed by atoms with Crippen molar-refractivity contribution in [1.29, 1.82) is 0 Å². The third kappa shape index (κ3) is 28.7. The van der Waals surface area contributed by atoms with E-state index in [0.29, 0.717) is 6.42 Å². The van der Waals surface area contributed by atoms with Crippen LogP contribution in [-0.4, -0.2) is 62.9 Å². The molecule has 0 saturated heterocycles. The Hall–Kier alpha value is -0.100. The number of carboxylic acids is 2. The molecule has 0 aliphatic carbocycles. The van der Waals surface area contributed by atoms with Crippen LogP contribution < -0.4 is 0 Å². The zero-order chi connectivity index (χ0) is 15.8. The van der Waals surface area contributed by atoms with Crippen LogP contribution in [0.5, 0.6) is 0 Å². The molecule has 0 fully saturated rings. The molecule has 0 heterocycles. The van der Waals surface area contributed by atoms with Gasteiger partial charge < -0.3 is 15.3 Å². The van der Waals surface area contributed by atoms with Crippen molar-refractivity contribution in [3.63, 3.8) is 0 Å². The molecule has 0 saturated carbocycles. The molecular formula is C15H31NaO5. The summed E-state index contributed by atoms with van der Waals surface area (Å²) in [4.78, 5) is 19.7. The van der Waals surface area contributed by atoms with Gasteiger partial charge in [0.25, 0.3) is 0 Å². The van der Waals surface area contributed by atoms with E-state index >= 15 is 0 Å². The molecule has 0 bridgehead atoms. The molecule has 0 aromatic rings. The van der Waals surface area contributed by atoms with Crippen molar-refractivity contribution in [1.82, 2.24) is 0 Å². The van der Waals surface area contributed by atoms with Gasteiger partial charge in [-0.05, 0) is 13.3 Å². The second-order valence-electron chi connectivity index (χ2n) is 4.99. The fourth-order valence-corrected chi connectivity index (χ4v) is 1.59. The molecule has 1 atom stereocenters. The molecule has 6 heteroatoms. The Morgan fingerprint density at radius 3 is 1.48 bits per heavy atom. The molecule has 21 heavy (non-hydrogen) atoms. The van der Waals surface area contributed by atoms with Crippen molar-refractivity contribution < 1.29 is 24.9 Å². The van der Waals surface area contributed by atoms with Crippen LogP contribution in [0.25, 0.3) is 0 Å². The van der Waals surface area contributed by atoms with Crippen LogP contribution in [0.2, 0.25) is 0 Å². The summed E-state index contributed by atoms with van der Waals surface area (Å²) in [7, 11) is 0. The Morgan fingerprint density at radius 1 is 0.857 bits per heavy atom. The Bertz CT molecular complexity index is 244. The summed E-state index contributed by atoms with van der Waals surface area (Å²) in [5.41, 5.74) is 0. The van der Waals surface area contributed by atoms with Crippen LogP contribution in [0.4, 0.5) is 0 Å². The molecule has 0 aromatic carbocycles. The van der Waals surface area contributed by atoms with Gasteiger partial charge in [0.15, 0.2) is 0 Å². The zero-order valence-electron chi connectivity index (χ0n) is 12.8. The van der Waals surface area contributed by atoms with E-state index in [9.17, 15) is 9.59 Å². The van der Waals surface area contributed by atoms with Crippen molar-refractivity contribution in [3.8, 4) is 0 Å². The van der Waals surface area contributed by atoms with Crippen molar-refractivity contribution in [2.24, 2.45) is 0 Å². The van der Waals surface area contributed by atoms with E-state index in [0.717, 1.165) is 12.8 Å². The van der Waals surface area contributed by atoms with Gasteiger partial charge in [-0.2, -0.15) is 0 Å². The fraction of sp³-hybridized carbons (Fsp3) is 0.867. The summed E-state index contributed by atoms with van der Waals surface area (Å²) >= 11 is 0. The van der Waals surface area contributed by atoms with Crippen LogP contribution >= 0.6 is 0 Å². The number of carboxylic acid groups (broad SMARTS) is 2. The Kier molecular flexibility index (Phi) is 24.5. The van der Waals surface area contributed by atoms with Crippen molar-refractivity contribution in [3.05, 3.63) is 0 Å². The first-order chi connectivity index (χ1) is 9.41. The van der Waals surface area contributed by atoms with Gasteiger partial charge in [0.2, 0.25) is 0 Å². The minimum absolute atomic E-state index is 0. The molecular weight excluding hydrogens is 283 g/mol. The zero-order valence-corrected chi connectivity index (χ0v) is 12.8. The van der Waals surface area contributed by atoms with Crippen LogP contribution in [0.1, 0.15) is 78.1 Å². The molecule has 0 radical (unpaired) electrons. The molecule has 0 aliphatic heterocycles. The summed E-state index contributed by atoms with van der Waals surface area (Å²) in [6, 6.07) is 0. The van der Waals surface area contributed by atoms with Crippen LogP contribution in [0.15, 0.2) is 0 Å². The van der Waals surface area contributed by atoms with E-state index in [-0.39, 0.29) is 29.6 Å². The SMILES string of the molecule is CC(O)C(=O)O.CCCCCCCCCCCC(=O)O.[NaH]. The average molecular weight is 314 g/mol. The first-order valence-electron chi connectivity index (χ1n) is 7.54. The summed E-state index contributed by atoms with van der Waals surface area (Å²) in [6.07, 6.45) is 10.2. The maximum atomic E-state index is 10.2. The van der Waals surface area contributed by atoms with Gasteiger partial charge in [0.1, 0.15) is 6.10 Å². The van der Waals surface area contributed by atoms with Gasteiger partial charge in [0.05, 0.1) is 0 Å². The molecule has 5 nitrogen and oxygen atoms in total. The maximum absolute atomic E-state index is 10.2. The average Bonchev–Trinajstić information content (AvgIpc) is 2.37. The Balaban J connectivity index is -0.000000394. The number of rotatable bonds is 11. The third-order valence-corrected chi connectivity index (χ3v) is 2.85. The minimum atomic E-state index is -1.23. The van der Waals surface area contributed by atoms with E-state index in [4.69, 9.17) is 15.3 Å². The van der Waals surface area contributed by atoms with Crippen LogP contribution in [-0.2, 0) is 9.59 Å². The molecule has 0 amide bonds. The number of carbonyl (C=O) groups is 2. The number of hydrogen-bond donors (Lipinski definition) is 3. The third-order valence-electron chi connectivity index (χ3n) is 2.85. The summed E-state index contributed by atoms with van der Waals surface area (Å²) in [5.74, 6) is -1.84. The molecule has 122 valence electrons. The van der Waals surface area contributed by atoms with Crippen LogP contribution in [0, 0.1) is 0 Å². The number of hydrogen-bond acceptors (Lipinski definition) is 3. The van der Waals surface area contributed by atoms with Crippen molar-refractivity contribution in [2.45, 2.75) is 84.2 Å². The number of unbranched alkanes of at least 4 members (excludes halogenated alkanes) is 8. The molecule has 1 unspecified atom stereocenters. The number of aliphatic hydroxyl groups excluding tert-OH is 1. The predicted molar refractivity (Wildman–Crippen MR) is 85.9 cm³/mol. The van der Waals surface area contributed by atoms with Gasteiger partial charge in [0, 0.05) is 6.42 Å². The van der Waals surface area contributed by atoms with Gasteiger partial charge >= 0.3 is 41.5 Å². The summed E-state index contributed by atoms with van der Waals surface area (Å²) in [6.45, 7) is 3.42. The van der Waals surface area contributed by atoms with E-state index in [1.54, 1.807) is 0 Å². The van der Waals surface area contributed by atoms with Gasteiger partial charge in [-0.1, -0.05) is 58.3 Å². The van der Waals surface area contributed by atoms with Gasteiger partial charge in [-0.15, -0.1) is 0 Å². The van der Waals surface area contributed by atoms with Gasteiger partial charge in [-0.3, -0.25) is 4.79 Å². The standard InChI is InChI=1S/C12H24O2.C3H6O3.Na.H/c1-2-3-4-5-6-7-8-9-10-11-12(13)14;1-2(4)3(5)6;;/h2-11H2,1H3,(H,13,14);2,4H,1H3,(H,5,6);;. The molecule has 3 N–H and O–H groups in total. The van der Waals surface area contributed by atoms with Gasteiger partial charge in [-0.25, -0.2) is 4.79 Å². The first kappa shape index (κ1) is 25.8. The summed E-state index contributed by atoms with van der Waals surface area (Å²) in [5, 5.41) is 24.2. The van der Waals surface area contributed by atoms with E-state index in [2.05, 4.69) is 6.92 Å². The van der Waals surface area contributed by atoms with E-state index in [1.165, 1.54) is 51.9 Å². The van der Waals surface area contributed by atoms with Crippen molar-refractivity contribution >= 4 is 41.5 Å². The first-order valence-corrected chi connectivity index (χ1v) is 7.54. The second kappa shape index (κ2) is 19.9. The van der Waals surface area contributed by atoms with E-state index < -0.39 is 18.0 Å². The second-order valence-corrected chi connectivity index (χ2v) is 4.99. The van der Waals surface area contributed by atoms with Crippen molar-refractivity contribution in [2.75, 3.05) is 0 Å². The topological polar surface area (TPSA) is 94.8 Å².